The molecule has 0 fully saturated rings. The highest BCUT2D eigenvalue weighted by atomic mass is 16.7. The zero-order valence-electron chi connectivity index (χ0n) is 15.6. The highest BCUT2D eigenvalue weighted by Crippen LogP contribution is 2.36. The third kappa shape index (κ3) is 5.04. The van der Waals surface area contributed by atoms with Crippen molar-refractivity contribution >= 4 is 6.03 Å². The maximum Gasteiger partial charge on any atom is 0.315 e. The van der Waals surface area contributed by atoms with Crippen LogP contribution in [0.15, 0.2) is 42.5 Å². The fourth-order valence-corrected chi connectivity index (χ4v) is 2.91. The first-order valence-electron chi connectivity index (χ1n) is 8.86. The second-order valence-electron chi connectivity index (χ2n) is 6.70. The van der Waals surface area contributed by atoms with E-state index >= 15 is 0 Å². The van der Waals surface area contributed by atoms with Gasteiger partial charge in [0, 0.05) is 19.1 Å². The SMILES string of the molecule is CN(C)[C@H](CNC(=O)NCc1ccc(O)cc1)Cc1cccc2c1OCO2. The highest BCUT2D eigenvalue weighted by Gasteiger charge is 2.21. The van der Waals surface area contributed by atoms with Gasteiger partial charge in [-0.1, -0.05) is 24.3 Å². The Balaban J connectivity index is 1.52. The summed E-state index contributed by atoms with van der Waals surface area (Å²) in [6, 6.07) is 12.5. The van der Waals surface area contributed by atoms with Crippen LogP contribution in [0.4, 0.5) is 4.79 Å². The number of fused-ring (bicyclic) bond motifs is 1. The van der Waals surface area contributed by atoms with Crippen molar-refractivity contribution in [3.8, 4) is 17.2 Å². The first-order valence-corrected chi connectivity index (χ1v) is 8.86. The van der Waals surface area contributed by atoms with Crippen LogP contribution < -0.4 is 20.1 Å². The van der Waals surface area contributed by atoms with Gasteiger partial charge in [-0.3, -0.25) is 0 Å². The number of nitrogens with zero attached hydrogens (tertiary/aromatic N) is 1. The van der Waals surface area contributed by atoms with Crippen LogP contribution in [0.2, 0.25) is 0 Å². The predicted octanol–water partition coefficient (Wildman–Crippen LogP) is 2.09. The van der Waals surface area contributed by atoms with E-state index in [-0.39, 0.29) is 24.6 Å². The zero-order chi connectivity index (χ0) is 19.2. The van der Waals surface area contributed by atoms with Crippen LogP contribution >= 0.6 is 0 Å². The largest absolute Gasteiger partial charge is 0.508 e. The molecule has 7 nitrogen and oxygen atoms in total. The fourth-order valence-electron chi connectivity index (χ4n) is 2.91. The number of urea groups is 1. The molecule has 144 valence electrons. The fraction of sp³-hybridized carbons (Fsp3) is 0.350. The Bertz CT molecular complexity index is 777. The molecule has 3 rings (SSSR count). The van der Waals surface area contributed by atoms with Crippen molar-refractivity contribution in [1.82, 2.24) is 15.5 Å². The molecule has 2 amide bonds. The Kier molecular flexibility index (Phi) is 6.03. The van der Waals surface area contributed by atoms with Crippen LogP contribution in [0, 0.1) is 0 Å². The molecule has 2 aromatic carbocycles. The number of benzene rings is 2. The quantitative estimate of drug-likeness (QED) is 0.694. The molecule has 1 atom stereocenters. The summed E-state index contributed by atoms with van der Waals surface area (Å²) >= 11 is 0. The third-order valence-electron chi connectivity index (χ3n) is 4.55. The first-order chi connectivity index (χ1) is 13.0. The number of aromatic hydroxyl groups is 1. The minimum absolute atomic E-state index is 0.111. The van der Waals surface area contributed by atoms with Gasteiger partial charge in [-0.05, 0) is 49.8 Å². The van der Waals surface area contributed by atoms with Crippen LogP contribution in [-0.4, -0.2) is 49.5 Å². The number of para-hydroxylation sites is 1. The molecule has 0 aromatic heterocycles. The van der Waals surface area contributed by atoms with Gasteiger partial charge in [-0.15, -0.1) is 0 Å². The van der Waals surface area contributed by atoms with Crippen LogP contribution in [-0.2, 0) is 13.0 Å². The van der Waals surface area contributed by atoms with Crippen LogP contribution in [0.25, 0.3) is 0 Å². The zero-order valence-corrected chi connectivity index (χ0v) is 15.6. The van der Waals surface area contributed by atoms with Gasteiger partial charge in [0.2, 0.25) is 6.79 Å². The number of phenolic OH excluding ortho intramolecular Hbond substituents is 1. The van der Waals surface area contributed by atoms with Gasteiger partial charge in [-0.2, -0.15) is 0 Å². The van der Waals surface area contributed by atoms with E-state index in [0.717, 1.165) is 29.0 Å². The van der Waals surface area contributed by atoms with Gasteiger partial charge < -0.3 is 30.1 Å². The number of amides is 2. The minimum atomic E-state index is -0.229. The molecule has 0 saturated heterocycles. The Labute approximate surface area is 158 Å². The van der Waals surface area contributed by atoms with E-state index in [1.165, 1.54) is 0 Å². The van der Waals surface area contributed by atoms with Crippen molar-refractivity contribution in [2.75, 3.05) is 27.4 Å². The van der Waals surface area contributed by atoms with Crippen molar-refractivity contribution in [3.63, 3.8) is 0 Å². The Hall–Kier alpha value is -2.93. The second-order valence-corrected chi connectivity index (χ2v) is 6.70. The van der Waals surface area contributed by atoms with Crippen LogP contribution in [0.5, 0.6) is 17.2 Å². The molecule has 1 aliphatic rings. The first kappa shape index (κ1) is 18.8. The normalized spacial score (nSPS) is 13.4. The molecular weight excluding hydrogens is 346 g/mol. The molecule has 2 aromatic rings. The van der Waals surface area contributed by atoms with Crippen LogP contribution in [0.3, 0.4) is 0 Å². The van der Waals surface area contributed by atoms with Crippen molar-refractivity contribution in [2.45, 2.75) is 19.0 Å². The lowest BCUT2D eigenvalue weighted by atomic mass is 10.0. The number of likely N-dealkylation sites (N-methyl/N-ethyl adjacent to an activating group) is 1. The number of hydrogen-bond donors (Lipinski definition) is 3. The van der Waals surface area contributed by atoms with Crippen molar-refractivity contribution in [3.05, 3.63) is 53.6 Å². The molecule has 3 N–H and O–H groups in total. The van der Waals surface area contributed by atoms with E-state index in [2.05, 4.69) is 15.5 Å². The van der Waals surface area contributed by atoms with Crippen molar-refractivity contribution in [2.24, 2.45) is 0 Å². The molecule has 0 aliphatic carbocycles. The summed E-state index contributed by atoms with van der Waals surface area (Å²) in [6.45, 7) is 1.14. The number of phenols is 1. The molecule has 0 bridgehead atoms. The van der Waals surface area contributed by atoms with E-state index in [0.29, 0.717) is 13.1 Å². The summed E-state index contributed by atoms with van der Waals surface area (Å²) < 4.78 is 11.0. The molecule has 0 radical (unpaired) electrons. The number of carbonyl (C=O) groups is 1. The van der Waals surface area contributed by atoms with Gasteiger partial charge in [0.25, 0.3) is 0 Å². The van der Waals surface area contributed by atoms with E-state index in [1.54, 1.807) is 24.3 Å². The molecule has 1 heterocycles. The topological polar surface area (TPSA) is 83.1 Å². The number of nitrogens with one attached hydrogen (secondary N) is 2. The lowest BCUT2D eigenvalue weighted by molar-refractivity contribution is 0.172. The second kappa shape index (κ2) is 8.64. The van der Waals surface area contributed by atoms with Gasteiger partial charge in [-0.25, -0.2) is 4.79 Å². The summed E-state index contributed by atoms with van der Waals surface area (Å²) in [5.41, 5.74) is 1.99. The van der Waals surface area contributed by atoms with Gasteiger partial charge >= 0.3 is 6.03 Å². The summed E-state index contributed by atoms with van der Waals surface area (Å²) in [5, 5.41) is 15.0. The minimum Gasteiger partial charge on any atom is -0.508 e. The molecule has 27 heavy (non-hydrogen) atoms. The van der Waals surface area contributed by atoms with Crippen LogP contribution in [0.1, 0.15) is 11.1 Å². The summed E-state index contributed by atoms with van der Waals surface area (Å²) in [7, 11) is 3.97. The average molecular weight is 371 g/mol. The Morgan fingerprint density at radius 2 is 1.93 bits per heavy atom. The van der Waals surface area contributed by atoms with E-state index < -0.39 is 0 Å². The van der Waals surface area contributed by atoms with Crippen molar-refractivity contribution < 1.29 is 19.4 Å². The van der Waals surface area contributed by atoms with Gasteiger partial charge in [0.1, 0.15) is 5.75 Å². The summed E-state index contributed by atoms with van der Waals surface area (Å²) in [6.07, 6.45) is 0.734. The van der Waals surface area contributed by atoms with Crippen molar-refractivity contribution in [1.29, 1.82) is 0 Å². The molecule has 1 aliphatic heterocycles. The smallest absolute Gasteiger partial charge is 0.315 e. The summed E-state index contributed by atoms with van der Waals surface area (Å²) in [5.74, 6) is 1.77. The lowest BCUT2D eigenvalue weighted by Gasteiger charge is -2.25. The molecule has 0 spiro atoms. The van der Waals surface area contributed by atoms with Gasteiger partial charge in [0.05, 0.1) is 0 Å². The molecule has 0 saturated carbocycles. The third-order valence-corrected chi connectivity index (χ3v) is 4.55. The van der Waals surface area contributed by atoms with Gasteiger partial charge in [0.15, 0.2) is 11.5 Å². The Morgan fingerprint density at radius 3 is 2.67 bits per heavy atom. The molecule has 7 heteroatoms. The summed E-state index contributed by atoms with van der Waals surface area (Å²) in [4.78, 5) is 14.2. The number of carbonyl (C=O) groups excluding carboxylic acids is 1. The Morgan fingerprint density at radius 1 is 1.15 bits per heavy atom. The monoisotopic (exact) mass is 371 g/mol. The average Bonchev–Trinajstić information content (AvgIpc) is 3.14. The van der Waals surface area contributed by atoms with E-state index in [1.807, 2.05) is 32.3 Å². The maximum absolute atomic E-state index is 12.1. The highest BCUT2D eigenvalue weighted by molar-refractivity contribution is 5.73. The lowest BCUT2D eigenvalue weighted by Crippen LogP contribution is -2.45. The number of hydrogen-bond acceptors (Lipinski definition) is 5. The number of ether oxygens (including phenoxy) is 2. The molecule has 0 unspecified atom stereocenters. The maximum atomic E-state index is 12.1. The number of rotatable bonds is 7. The van der Waals surface area contributed by atoms with E-state index in [4.69, 9.17) is 9.47 Å². The predicted molar refractivity (Wildman–Crippen MR) is 102 cm³/mol. The standard InChI is InChI=1S/C20H25N3O4/c1-23(2)16(10-15-4-3-5-18-19(15)27-13-26-18)12-22-20(25)21-11-14-6-8-17(24)9-7-14/h3-9,16,24H,10-13H2,1-2H3,(H2,21,22,25)/t16-/m0/s1. The van der Waals surface area contributed by atoms with E-state index in [9.17, 15) is 9.90 Å². The molecular formula is C20H25N3O4.